The quantitative estimate of drug-likeness (QED) is 0.788. The summed E-state index contributed by atoms with van der Waals surface area (Å²) in [7, 11) is 0. The third kappa shape index (κ3) is 2.27. The van der Waals surface area contributed by atoms with Crippen molar-refractivity contribution < 1.29 is 0 Å². The molecule has 102 valence electrons. The number of rotatable bonds is 3. The van der Waals surface area contributed by atoms with Crippen LogP contribution in [0.1, 0.15) is 16.7 Å². The molecule has 0 radical (unpaired) electrons. The van der Waals surface area contributed by atoms with E-state index in [-0.39, 0.29) is 0 Å². The van der Waals surface area contributed by atoms with Crippen molar-refractivity contribution in [3.05, 3.63) is 59.2 Å². The van der Waals surface area contributed by atoms with E-state index < -0.39 is 0 Å². The van der Waals surface area contributed by atoms with E-state index in [2.05, 4.69) is 65.9 Å². The van der Waals surface area contributed by atoms with Crippen LogP contribution in [0.15, 0.2) is 42.5 Å². The molecule has 0 amide bonds. The van der Waals surface area contributed by atoms with Gasteiger partial charge in [0.05, 0.1) is 11.0 Å². The summed E-state index contributed by atoms with van der Waals surface area (Å²) in [6.07, 6.45) is 0.968. The highest BCUT2D eigenvalue weighted by Gasteiger charge is 2.08. The summed E-state index contributed by atoms with van der Waals surface area (Å²) in [5.41, 5.74) is 12.0. The Morgan fingerprint density at radius 2 is 1.90 bits per heavy atom. The summed E-state index contributed by atoms with van der Waals surface area (Å²) in [6, 6.07) is 14.8. The van der Waals surface area contributed by atoms with Crippen molar-refractivity contribution in [2.45, 2.75) is 26.8 Å². The van der Waals surface area contributed by atoms with E-state index in [1.165, 1.54) is 16.7 Å². The molecule has 0 aliphatic carbocycles. The van der Waals surface area contributed by atoms with Crippen molar-refractivity contribution in [1.82, 2.24) is 9.55 Å². The molecule has 0 saturated carbocycles. The molecule has 0 bridgehead atoms. The predicted molar refractivity (Wildman–Crippen MR) is 83.8 cm³/mol. The molecule has 3 rings (SSSR count). The first-order valence-corrected chi connectivity index (χ1v) is 6.92. The van der Waals surface area contributed by atoms with Crippen LogP contribution >= 0.6 is 0 Å². The maximum Gasteiger partial charge on any atom is 0.201 e. The van der Waals surface area contributed by atoms with Gasteiger partial charge in [-0.1, -0.05) is 30.3 Å². The van der Waals surface area contributed by atoms with Crippen LogP contribution < -0.4 is 5.73 Å². The Morgan fingerprint density at radius 1 is 1.10 bits per heavy atom. The van der Waals surface area contributed by atoms with E-state index in [0.29, 0.717) is 5.95 Å². The van der Waals surface area contributed by atoms with Crippen molar-refractivity contribution in [3.63, 3.8) is 0 Å². The molecule has 2 aromatic carbocycles. The summed E-state index contributed by atoms with van der Waals surface area (Å²) < 4.78 is 2.10. The fraction of sp³-hybridized carbons (Fsp3) is 0.235. The van der Waals surface area contributed by atoms with Crippen LogP contribution in [0.5, 0.6) is 0 Å². The highest BCUT2D eigenvalue weighted by Crippen LogP contribution is 2.20. The summed E-state index contributed by atoms with van der Waals surface area (Å²) in [5, 5.41) is 0. The van der Waals surface area contributed by atoms with Gasteiger partial charge in [-0.15, -0.1) is 0 Å². The smallest absolute Gasteiger partial charge is 0.201 e. The zero-order valence-corrected chi connectivity index (χ0v) is 11.9. The molecule has 1 aromatic heterocycles. The number of anilines is 1. The standard InChI is InChI=1S/C17H19N3/c1-12-7-8-16-15(11-12)19-17(18)20(16)10-9-14-6-4-3-5-13(14)2/h3-8,11H,9-10H2,1-2H3,(H2,18,19). The minimum Gasteiger partial charge on any atom is -0.369 e. The van der Waals surface area contributed by atoms with Gasteiger partial charge in [0.15, 0.2) is 0 Å². The van der Waals surface area contributed by atoms with E-state index in [1.807, 2.05) is 0 Å². The van der Waals surface area contributed by atoms with E-state index in [0.717, 1.165) is 24.0 Å². The molecule has 20 heavy (non-hydrogen) atoms. The highest BCUT2D eigenvalue weighted by molar-refractivity contribution is 5.79. The van der Waals surface area contributed by atoms with Gasteiger partial charge in [0, 0.05) is 6.54 Å². The number of benzene rings is 2. The lowest BCUT2D eigenvalue weighted by Crippen LogP contribution is -2.06. The highest BCUT2D eigenvalue weighted by atomic mass is 15.1. The number of nitrogens with zero attached hydrogens (tertiary/aromatic N) is 2. The topological polar surface area (TPSA) is 43.8 Å². The Balaban J connectivity index is 1.91. The van der Waals surface area contributed by atoms with Crippen LogP contribution in [-0.2, 0) is 13.0 Å². The number of fused-ring (bicyclic) bond motifs is 1. The second-order valence-corrected chi connectivity index (χ2v) is 5.29. The molecule has 0 aliphatic heterocycles. The Kier molecular flexibility index (Phi) is 3.18. The van der Waals surface area contributed by atoms with Gasteiger partial charge >= 0.3 is 0 Å². The van der Waals surface area contributed by atoms with Crippen LogP contribution in [0.4, 0.5) is 5.95 Å². The first-order valence-electron chi connectivity index (χ1n) is 6.92. The molecule has 3 heteroatoms. The van der Waals surface area contributed by atoms with E-state index >= 15 is 0 Å². The van der Waals surface area contributed by atoms with Gasteiger partial charge in [0.1, 0.15) is 0 Å². The molecule has 0 spiro atoms. The average molecular weight is 265 g/mol. The third-order valence-electron chi connectivity index (χ3n) is 3.80. The summed E-state index contributed by atoms with van der Waals surface area (Å²) in [4.78, 5) is 4.45. The fourth-order valence-corrected chi connectivity index (χ4v) is 2.62. The SMILES string of the molecule is Cc1ccc2c(c1)nc(N)n2CCc1ccccc1C. The molecular weight excluding hydrogens is 246 g/mol. The van der Waals surface area contributed by atoms with Gasteiger partial charge in [0.2, 0.25) is 5.95 Å². The van der Waals surface area contributed by atoms with Crippen molar-refractivity contribution >= 4 is 17.0 Å². The Bertz CT molecular complexity index is 756. The molecule has 0 atom stereocenters. The summed E-state index contributed by atoms with van der Waals surface area (Å²) >= 11 is 0. The molecule has 1 heterocycles. The van der Waals surface area contributed by atoms with Crippen molar-refractivity contribution in [3.8, 4) is 0 Å². The first kappa shape index (κ1) is 12.7. The third-order valence-corrected chi connectivity index (χ3v) is 3.80. The van der Waals surface area contributed by atoms with Crippen LogP contribution in [0, 0.1) is 13.8 Å². The van der Waals surface area contributed by atoms with Crippen molar-refractivity contribution in [1.29, 1.82) is 0 Å². The maximum absolute atomic E-state index is 6.06. The first-order chi connectivity index (χ1) is 9.65. The van der Waals surface area contributed by atoms with Crippen molar-refractivity contribution in [2.75, 3.05) is 5.73 Å². The van der Waals surface area contributed by atoms with E-state index in [4.69, 9.17) is 5.73 Å². The second-order valence-electron chi connectivity index (χ2n) is 5.29. The lowest BCUT2D eigenvalue weighted by Gasteiger charge is -2.08. The monoisotopic (exact) mass is 265 g/mol. The predicted octanol–water partition coefficient (Wildman–Crippen LogP) is 3.48. The molecule has 2 N–H and O–H groups in total. The van der Waals surface area contributed by atoms with E-state index in [9.17, 15) is 0 Å². The lowest BCUT2D eigenvalue weighted by molar-refractivity contribution is 0.723. The number of imidazole rings is 1. The Hall–Kier alpha value is -2.29. The minimum absolute atomic E-state index is 0.596. The summed E-state index contributed by atoms with van der Waals surface area (Å²) in [6.45, 7) is 5.08. The fourth-order valence-electron chi connectivity index (χ4n) is 2.62. The summed E-state index contributed by atoms with van der Waals surface area (Å²) in [5.74, 6) is 0.596. The van der Waals surface area contributed by atoms with Gasteiger partial charge in [-0.3, -0.25) is 0 Å². The zero-order chi connectivity index (χ0) is 14.1. The molecule has 3 aromatic rings. The molecule has 0 saturated heterocycles. The molecule has 0 unspecified atom stereocenters. The minimum atomic E-state index is 0.596. The second kappa shape index (κ2) is 5.00. The molecule has 3 nitrogen and oxygen atoms in total. The molecule has 0 aliphatic rings. The van der Waals surface area contributed by atoms with E-state index in [1.54, 1.807) is 0 Å². The lowest BCUT2D eigenvalue weighted by atomic mass is 10.1. The van der Waals surface area contributed by atoms with Crippen LogP contribution in [0.2, 0.25) is 0 Å². The van der Waals surface area contributed by atoms with Crippen LogP contribution in [0.3, 0.4) is 0 Å². The zero-order valence-electron chi connectivity index (χ0n) is 11.9. The van der Waals surface area contributed by atoms with Gasteiger partial charge in [-0.25, -0.2) is 4.98 Å². The van der Waals surface area contributed by atoms with Gasteiger partial charge in [-0.05, 0) is 49.1 Å². The van der Waals surface area contributed by atoms with Gasteiger partial charge in [0.25, 0.3) is 0 Å². The molecule has 0 fully saturated rings. The number of hydrogen-bond donors (Lipinski definition) is 1. The number of nitrogens with two attached hydrogens (primary N) is 1. The largest absolute Gasteiger partial charge is 0.369 e. The molecular formula is C17H19N3. The number of hydrogen-bond acceptors (Lipinski definition) is 2. The van der Waals surface area contributed by atoms with Gasteiger partial charge < -0.3 is 10.3 Å². The number of aromatic nitrogens is 2. The van der Waals surface area contributed by atoms with Crippen LogP contribution in [0.25, 0.3) is 11.0 Å². The Labute approximate surface area is 119 Å². The normalized spacial score (nSPS) is 11.1. The van der Waals surface area contributed by atoms with Crippen LogP contribution in [-0.4, -0.2) is 9.55 Å². The maximum atomic E-state index is 6.06. The Morgan fingerprint density at radius 3 is 2.70 bits per heavy atom. The van der Waals surface area contributed by atoms with Gasteiger partial charge in [-0.2, -0.15) is 0 Å². The van der Waals surface area contributed by atoms with Crippen molar-refractivity contribution in [2.24, 2.45) is 0 Å². The average Bonchev–Trinajstić information content (AvgIpc) is 2.73. The number of aryl methyl sites for hydroxylation is 4. The number of nitrogen functional groups attached to an aromatic ring is 1.